The molecule has 0 radical (unpaired) electrons. The normalized spacial score (nSPS) is 17.7. The van der Waals surface area contributed by atoms with E-state index < -0.39 is 0 Å². The van der Waals surface area contributed by atoms with Gasteiger partial charge in [0, 0.05) is 26.2 Å². The minimum absolute atomic E-state index is 0.152. The van der Waals surface area contributed by atoms with Crippen molar-refractivity contribution in [2.24, 2.45) is 0 Å². The zero-order valence-electron chi connectivity index (χ0n) is 15.5. The number of piperazine rings is 1. The molecule has 0 spiro atoms. The molecule has 0 aliphatic carbocycles. The third-order valence-electron chi connectivity index (χ3n) is 4.76. The first-order chi connectivity index (χ1) is 11.9. The Balaban J connectivity index is 1.73. The summed E-state index contributed by atoms with van der Waals surface area (Å²) in [6.07, 6.45) is 0.941. The van der Waals surface area contributed by atoms with Gasteiger partial charge in [0.1, 0.15) is 5.82 Å². The van der Waals surface area contributed by atoms with Crippen LogP contribution in [0.1, 0.15) is 46.0 Å². The Kier molecular flexibility index (Phi) is 5.03. The van der Waals surface area contributed by atoms with E-state index >= 15 is 0 Å². The second-order valence-corrected chi connectivity index (χ2v) is 7.52. The van der Waals surface area contributed by atoms with Crippen LogP contribution in [0, 0.1) is 5.82 Å². The third-order valence-corrected chi connectivity index (χ3v) is 4.76. The molecule has 1 aromatic heterocycles. The predicted octanol–water partition coefficient (Wildman–Crippen LogP) is 2.84. The van der Waals surface area contributed by atoms with E-state index in [-0.39, 0.29) is 17.4 Å². The van der Waals surface area contributed by atoms with Gasteiger partial charge < -0.3 is 4.90 Å². The summed E-state index contributed by atoms with van der Waals surface area (Å²) >= 11 is 0. The second-order valence-electron chi connectivity index (χ2n) is 7.52. The van der Waals surface area contributed by atoms with Gasteiger partial charge in [-0.1, -0.05) is 19.1 Å². The Bertz CT molecular complexity index is 700. The van der Waals surface area contributed by atoms with Gasteiger partial charge in [-0.2, -0.15) is 0 Å². The molecule has 0 saturated carbocycles. The minimum Gasteiger partial charge on any atom is -0.367 e. The zero-order valence-corrected chi connectivity index (χ0v) is 15.5. The largest absolute Gasteiger partial charge is 0.367 e. The number of rotatable bonds is 4. The fourth-order valence-electron chi connectivity index (χ4n) is 3.47. The molecule has 1 saturated heterocycles. The lowest BCUT2D eigenvalue weighted by Gasteiger charge is -2.40. The van der Waals surface area contributed by atoms with Gasteiger partial charge in [-0.3, -0.25) is 4.90 Å². The number of nitrogens with zero attached hydrogens (tertiary/aromatic N) is 6. The standard InChI is InChI=1S/C18H27FN6/c1-5-15(17-20-21-22-25(17)18(2,3)4)23-10-12-24(13-11-23)16-9-7-6-8-14(16)19/h6-9,15H,5,10-13H2,1-4H3/t15-/m1/s1. The number of benzene rings is 1. The summed E-state index contributed by atoms with van der Waals surface area (Å²) < 4.78 is 15.9. The molecule has 1 aliphatic heterocycles. The van der Waals surface area contributed by atoms with Crippen molar-refractivity contribution in [3.63, 3.8) is 0 Å². The van der Waals surface area contributed by atoms with E-state index in [9.17, 15) is 4.39 Å². The van der Waals surface area contributed by atoms with Gasteiger partial charge in [0.25, 0.3) is 0 Å². The minimum atomic E-state index is -0.153. The van der Waals surface area contributed by atoms with Crippen LogP contribution in [0.3, 0.4) is 0 Å². The first-order valence-electron chi connectivity index (χ1n) is 8.94. The van der Waals surface area contributed by atoms with Crippen LogP contribution in [0.25, 0.3) is 0 Å². The van der Waals surface area contributed by atoms with E-state index in [4.69, 9.17) is 0 Å². The number of halogens is 1. The van der Waals surface area contributed by atoms with E-state index in [0.717, 1.165) is 38.4 Å². The third kappa shape index (κ3) is 3.66. The molecule has 0 N–H and O–H groups in total. The highest BCUT2D eigenvalue weighted by Crippen LogP contribution is 2.28. The summed E-state index contributed by atoms with van der Waals surface area (Å²) in [5.41, 5.74) is 0.538. The lowest BCUT2D eigenvalue weighted by Crippen LogP contribution is -2.48. The molecular weight excluding hydrogens is 319 g/mol. The van der Waals surface area contributed by atoms with Crippen molar-refractivity contribution in [2.45, 2.75) is 45.7 Å². The van der Waals surface area contributed by atoms with Crippen LogP contribution in [0.4, 0.5) is 10.1 Å². The Morgan fingerprint density at radius 3 is 2.40 bits per heavy atom. The maximum absolute atomic E-state index is 14.0. The van der Waals surface area contributed by atoms with Crippen LogP contribution < -0.4 is 4.90 Å². The second kappa shape index (κ2) is 7.07. The molecule has 0 amide bonds. The topological polar surface area (TPSA) is 50.1 Å². The Hall–Kier alpha value is -2.02. The molecule has 7 heteroatoms. The van der Waals surface area contributed by atoms with Gasteiger partial charge in [0.2, 0.25) is 0 Å². The number of hydrogen-bond acceptors (Lipinski definition) is 5. The molecule has 0 bridgehead atoms. The summed E-state index contributed by atoms with van der Waals surface area (Å²) in [4.78, 5) is 4.52. The highest BCUT2D eigenvalue weighted by Gasteiger charge is 2.31. The molecule has 25 heavy (non-hydrogen) atoms. The Morgan fingerprint density at radius 2 is 1.80 bits per heavy atom. The fourth-order valence-corrected chi connectivity index (χ4v) is 3.47. The zero-order chi connectivity index (χ0) is 18.0. The van der Waals surface area contributed by atoms with Gasteiger partial charge in [-0.05, 0) is 49.8 Å². The smallest absolute Gasteiger partial charge is 0.168 e. The van der Waals surface area contributed by atoms with E-state index in [1.165, 1.54) is 6.07 Å². The lowest BCUT2D eigenvalue weighted by molar-refractivity contribution is 0.161. The molecule has 3 rings (SSSR count). The molecule has 2 aromatic rings. The number of anilines is 1. The van der Waals surface area contributed by atoms with Crippen molar-refractivity contribution in [1.29, 1.82) is 0 Å². The summed E-state index contributed by atoms with van der Waals surface area (Å²) in [5.74, 6) is 0.758. The number of aromatic nitrogens is 4. The molecule has 1 fully saturated rings. The molecule has 0 unspecified atom stereocenters. The van der Waals surface area contributed by atoms with Crippen LogP contribution >= 0.6 is 0 Å². The molecular formula is C18H27FN6. The van der Waals surface area contributed by atoms with Gasteiger partial charge in [-0.15, -0.1) is 5.10 Å². The summed E-state index contributed by atoms with van der Waals surface area (Å²) in [5, 5.41) is 12.4. The first kappa shape index (κ1) is 17.8. The number of tetrazole rings is 1. The Labute approximate surface area is 148 Å². The molecule has 1 aliphatic rings. The SMILES string of the molecule is CC[C@H](c1nnnn1C(C)(C)C)N1CCN(c2ccccc2F)CC1. The van der Waals surface area contributed by atoms with Gasteiger partial charge in [0.05, 0.1) is 17.3 Å². The summed E-state index contributed by atoms with van der Waals surface area (Å²) in [6.45, 7) is 11.8. The van der Waals surface area contributed by atoms with Crippen molar-refractivity contribution < 1.29 is 4.39 Å². The highest BCUT2D eigenvalue weighted by atomic mass is 19.1. The van der Waals surface area contributed by atoms with Crippen molar-refractivity contribution in [1.82, 2.24) is 25.1 Å². The van der Waals surface area contributed by atoms with Gasteiger partial charge in [0.15, 0.2) is 5.82 Å². The molecule has 1 atom stereocenters. The van der Waals surface area contributed by atoms with Crippen molar-refractivity contribution >= 4 is 5.69 Å². The summed E-state index contributed by atoms with van der Waals surface area (Å²) in [7, 11) is 0. The Morgan fingerprint density at radius 1 is 1.12 bits per heavy atom. The van der Waals surface area contributed by atoms with E-state index in [1.807, 2.05) is 16.8 Å². The van der Waals surface area contributed by atoms with E-state index in [1.54, 1.807) is 6.07 Å². The number of para-hydroxylation sites is 1. The molecule has 2 heterocycles. The van der Waals surface area contributed by atoms with Crippen LogP contribution in [0.15, 0.2) is 24.3 Å². The van der Waals surface area contributed by atoms with Crippen LogP contribution in [-0.4, -0.2) is 51.3 Å². The van der Waals surface area contributed by atoms with E-state index in [2.05, 4.69) is 53.0 Å². The van der Waals surface area contributed by atoms with Crippen LogP contribution in [-0.2, 0) is 5.54 Å². The number of hydrogen-bond donors (Lipinski definition) is 0. The average Bonchev–Trinajstić information content (AvgIpc) is 3.07. The monoisotopic (exact) mass is 346 g/mol. The maximum Gasteiger partial charge on any atom is 0.168 e. The van der Waals surface area contributed by atoms with Gasteiger partial charge in [-0.25, -0.2) is 9.07 Å². The van der Waals surface area contributed by atoms with E-state index in [0.29, 0.717) is 5.69 Å². The summed E-state index contributed by atoms with van der Waals surface area (Å²) in [6, 6.07) is 7.17. The van der Waals surface area contributed by atoms with Crippen molar-refractivity contribution in [3.05, 3.63) is 35.9 Å². The van der Waals surface area contributed by atoms with Gasteiger partial charge >= 0.3 is 0 Å². The van der Waals surface area contributed by atoms with Crippen molar-refractivity contribution in [2.75, 3.05) is 31.1 Å². The quantitative estimate of drug-likeness (QED) is 0.852. The maximum atomic E-state index is 14.0. The highest BCUT2D eigenvalue weighted by molar-refractivity contribution is 5.48. The molecule has 136 valence electrons. The molecule has 1 aromatic carbocycles. The lowest BCUT2D eigenvalue weighted by atomic mass is 10.1. The van der Waals surface area contributed by atoms with Crippen LogP contribution in [0.5, 0.6) is 0 Å². The average molecular weight is 346 g/mol. The van der Waals surface area contributed by atoms with Crippen molar-refractivity contribution in [3.8, 4) is 0 Å². The first-order valence-corrected chi connectivity index (χ1v) is 8.94. The van der Waals surface area contributed by atoms with Crippen LogP contribution in [0.2, 0.25) is 0 Å². The fraction of sp³-hybridized carbons (Fsp3) is 0.611. The predicted molar refractivity (Wildman–Crippen MR) is 96.0 cm³/mol. The molecule has 6 nitrogen and oxygen atoms in total.